The molecule has 5 nitrogen and oxygen atoms in total. The van der Waals surface area contributed by atoms with Crippen molar-refractivity contribution in [1.29, 1.82) is 0 Å². The Morgan fingerprint density at radius 1 is 0.680 bits per heavy atom. The van der Waals surface area contributed by atoms with Gasteiger partial charge in [-0.1, -0.05) is 0 Å². The standard InChI is InChI=1S/C17H23N3O2.3ClH/c1-20(10-12-21-16-6-2-14(18)3-7-16)11-13-22-17-8-4-15(19)5-9-17;;;/h2-9H,10-13,18-19H2,1H3;3*1H. The zero-order valence-electron chi connectivity index (χ0n) is 14.1. The number of anilines is 2. The molecule has 2 aromatic rings. The summed E-state index contributed by atoms with van der Waals surface area (Å²) in [4.78, 5) is 2.16. The van der Waals surface area contributed by atoms with Crippen molar-refractivity contribution >= 4 is 48.6 Å². The Labute approximate surface area is 167 Å². The van der Waals surface area contributed by atoms with Gasteiger partial charge in [-0.15, -0.1) is 37.2 Å². The molecule has 25 heavy (non-hydrogen) atoms. The van der Waals surface area contributed by atoms with Gasteiger partial charge in [0, 0.05) is 24.5 Å². The summed E-state index contributed by atoms with van der Waals surface area (Å²) in [5.74, 6) is 1.67. The fourth-order valence-electron chi connectivity index (χ4n) is 1.88. The van der Waals surface area contributed by atoms with Gasteiger partial charge in [-0.05, 0) is 55.6 Å². The van der Waals surface area contributed by atoms with Crippen LogP contribution in [0.4, 0.5) is 11.4 Å². The van der Waals surface area contributed by atoms with E-state index in [1.807, 2.05) is 55.6 Å². The predicted octanol–water partition coefficient (Wildman–Crippen LogP) is 3.51. The lowest BCUT2D eigenvalue weighted by molar-refractivity contribution is 0.202. The summed E-state index contributed by atoms with van der Waals surface area (Å²) in [6.07, 6.45) is 0. The first-order valence-corrected chi connectivity index (χ1v) is 7.29. The molecule has 0 aliphatic carbocycles. The van der Waals surface area contributed by atoms with Gasteiger partial charge in [-0.25, -0.2) is 0 Å². The molecule has 142 valence electrons. The lowest BCUT2D eigenvalue weighted by atomic mass is 10.3. The molecule has 0 atom stereocenters. The van der Waals surface area contributed by atoms with Gasteiger partial charge in [0.25, 0.3) is 0 Å². The molecule has 0 unspecified atom stereocenters. The van der Waals surface area contributed by atoms with E-state index in [-0.39, 0.29) is 37.2 Å². The number of rotatable bonds is 8. The highest BCUT2D eigenvalue weighted by Crippen LogP contribution is 2.13. The molecule has 0 spiro atoms. The first-order valence-electron chi connectivity index (χ1n) is 7.29. The molecule has 0 fully saturated rings. The molecular formula is C17H26Cl3N3O2. The van der Waals surface area contributed by atoms with E-state index in [0.29, 0.717) is 13.2 Å². The molecule has 0 heterocycles. The average Bonchev–Trinajstić information content (AvgIpc) is 2.51. The Bertz CT molecular complexity index is 517. The van der Waals surface area contributed by atoms with E-state index < -0.39 is 0 Å². The van der Waals surface area contributed by atoms with Crippen LogP contribution in [0.1, 0.15) is 0 Å². The van der Waals surface area contributed by atoms with Gasteiger partial charge in [0.05, 0.1) is 0 Å². The first-order chi connectivity index (χ1) is 10.6. The monoisotopic (exact) mass is 409 g/mol. The average molecular weight is 411 g/mol. The number of nitrogen functional groups attached to an aromatic ring is 2. The summed E-state index contributed by atoms with van der Waals surface area (Å²) in [6, 6.07) is 14.8. The van der Waals surface area contributed by atoms with E-state index in [0.717, 1.165) is 36.0 Å². The van der Waals surface area contributed by atoms with Gasteiger partial charge in [-0.2, -0.15) is 0 Å². The van der Waals surface area contributed by atoms with Crippen LogP contribution in [0.5, 0.6) is 11.5 Å². The summed E-state index contributed by atoms with van der Waals surface area (Å²) >= 11 is 0. The molecule has 0 saturated carbocycles. The summed E-state index contributed by atoms with van der Waals surface area (Å²) in [7, 11) is 2.04. The Morgan fingerprint density at radius 3 is 1.32 bits per heavy atom. The van der Waals surface area contributed by atoms with Crippen LogP contribution < -0.4 is 20.9 Å². The smallest absolute Gasteiger partial charge is 0.119 e. The number of hydrogen-bond acceptors (Lipinski definition) is 5. The lowest BCUT2D eigenvalue weighted by Gasteiger charge is -2.17. The minimum absolute atomic E-state index is 0. The highest BCUT2D eigenvalue weighted by atomic mass is 35.5. The highest BCUT2D eigenvalue weighted by Gasteiger charge is 2.00. The number of nitrogens with two attached hydrogens (primary N) is 2. The minimum Gasteiger partial charge on any atom is -0.492 e. The number of likely N-dealkylation sites (N-methyl/N-ethyl adjacent to an activating group) is 1. The van der Waals surface area contributed by atoms with Gasteiger partial charge in [0.2, 0.25) is 0 Å². The number of hydrogen-bond donors (Lipinski definition) is 2. The summed E-state index contributed by atoms with van der Waals surface area (Å²) in [5, 5.41) is 0. The van der Waals surface area contributed by atoms with Crippen LogP contribution in [0.2, 0.25) is 0 Å². The number of benzene rings is 2. The maximum atomic E-state index is 5.66. The van der Waals surface area contributed by atoms with Crippen molar-refractivity contribution in [2.75, 3.05) is 44.8 Å². The molecule has 0 aromatic heterocycles. The van der Waals surface area contributed by atoms with Crippen LogP contribution >= 0.6 is 37.2 Å². The van der Waals surface area contributed by atoms with Crippen LogP contribution in [0.15, 0.2) is 48.5 Å². The third kappa shape index (κ3) is 10.1. The first kappa shape index (κ1) is 25.7. The topological polar surface area (TPSA) is 73.7 Å². The largest absolute Gasteiger partial charge is 0.492 e. The Balaban J connectivity index is 0. The van der Waals surface area contributed by atoms with E-state index in [1.54, 1.807) is 0 Å². The zero-order valence-corrected chi connectivity index (χ0v) is 16.5. The molecule has 2 rings (SSSR count). The van der Waals surface area contributed by atoms with E-state index in [1.165, 1.54) is 0 Å². The highest BCUT2D eigenvalue weighted by molar-refractivity contribution is 5.86. The van der Waals surface area contributed by atoms with E-state index in [4.69, 9.17) is 20.9 Å². The molecule has 0 aliphatic rings. The van der Waals surface area contributed by atoms with Gasteiger partial charge in [-0.3, -0.25) is 4.90 Å². The number of halogens is 3. The summed E-state index contributed by atoms with van der Waals surface area (Å²) in [5.41, 5.74) is 12.7. The maximum absolute atomic E-state index is 5.66. The Kier molecular flexibility index (Phi) is 14.1. The van der Waals surface area contributed by atoms with Crippen LogP contribution in [-0.2, 0) is 0 Å². The van der Waals surface area contributed by atoms with Crippen LogP contribution in [0.3, 0.4) is 0 Å². The lowest BCUT2D eigenvalue weighted by Crippen LogP contribution is -2.28. The van der Waals surface area contributed by atoms with Gasteiger partial charge in [0.1, 0.15) is 24.7 Å². The van der Waals surface area contributed by atoms with E-state index >= 15 is 0 Å². The SMILES string of the molecule is CN(CCOc1ccc(N)cc1)CCOc1ccc(N)cc1.Cl.Cl.Cl. The van der Waals surface area contributed by atoms with Crippen molar-refractivity contribution in [3.8, 4) is 11.5 Å². The van der Waals surface area contributed by atoms with Gasteiger partial charge >= 0.3 is 0 Å². The zero-order chi connectivity index (χ0) is 15.8. The fourth-order valence-corrected chi connectivity index (χ4v) is 1.88. The molecule has 2 aromatic carbocycles. The molecule has 4 N–H and O–H groups in total. The Morgan fingerprint density at radius 2 is 1.00 bits per heavy atom. The molecule has 0 aliphatic heterocycles. The molecule has 0 saturated heterocycles. The van der Waals surface area contributed by atoms with Crippen molar-refractivity contribution in [2.45, 2.75) is 0 Å². The summed E-state index contributed by atoms with van der Waals surface area (Å²) < 4.78 is 11.3. The van der Waals surface area contributed by atoms with E-state index in [2.05, 4.69) is 4.90 Å². The molecule has 0 bridgehead atoms. The van der Waals surface area contributed by atoms with Crippen molar-refractivity contribution in [2.24, 2.45) is 0 Å². The quantitative estimate of drug-likeness (QED) is 0.651. The fraction of sp³-hybridized carbons (Fsp3) is 0.294. The molecule has 0 radical (unpaired) electrons. The third-order valence-electron chi connectivity index (χ3n) is 3.24. The number of ether oxygens (including phenoxy) is 2. The normalized spacial score (nSPS) is 9.36. The van der Waals surface area contributed by atoms with Gasteiger partial charge in [0.15, 0.2) is 0 Å². The second kappa shape index (κ2) is 13.7. The second-order valence-electron chi connectivity index (χ2n) is 5.14. The van der Waals surface area contributed by atoms with Crippen molar-refractivity contribution in [3.63, 3.8) is 0 Å². The van der Waals surface area contributed by atoms with Crippen molar-refractivity contribution in [1.82, 2.24) is 4.90 Å². The molecular weight excluding hydrogens is 385 g/mol. The van der Waals surface area contributed by atoms with Crippen molar-refractivity contribution < 1.29 is 9.47 Å². The molecule has 8 heteroatoms. The Hall–Kier alpha value is -1.53. The summed E-state index contributed by atoms with van der Waals surface area (Å²) in [6.45, 7) is 2.91. The molecule has 0 amide bonds. The number of nitrogens with zero attached hydrogens (tertiary/aromatic N) is 1. The minimum atomic E-state index is 0. The van der Waals surface area contributed by atoms with Crippen LogP contribution in [-0.4, -0.2) is 38.3 Å². The third-order valence-corrected chi connectivity index (χ3v) is 3.24. The van der Waals surface area contributed by atoms with Crippen LogP contribution in [0, 0.1) is 0 Å². The van der Waals surface area contributed by atoms with Crippen LogP contribution in [0.25, 0.3) is 0 Å². The predicted molar refractivity (Wildman–Crippen MR) is 112 cm³/mol. The van der Waals surface area contributed by atoms with Crippen molar-refractivity contribution in [3.05, 3.63) is 48.5 Å². The van der Waals surface area contributed by atoms with E-state index in [9.17, 15) is 0 Å². The van der Waals surface area contributed by atoms with Gasteiger partial charge < -0.3 is 20.9 Å². The second-order valence-corrected chi connectivity index (χ2v) is 5.14. The maximum Gasteiger partial charge on any atom is 0.119 e.